The fourth-order valence-corrected chi connectivity index (χ4v) is 4.25. The summed E-state index contributed by atoms with van der Waals surface area (Å²) in [7, 11) is 4.90. The van der Waals surface area contributed by atoms with E-state index < -0.39 is 0 Å². The van der Waals surface area contributed by atoms with Crippen LogP contribution in [0.2, 0.25) is 0 Å². The second kappa shape index (κ2) is 7.56. The first kappa shape index (κ1) is 19.9. The molecule has 0 N–H and O–H groups in total. The maximum atomic E-state index is 13.2. The van der Waals surface area contributed by atoms with Crippen LogP contribution in [0.3, 0.4) is 0 Å². The van der Waals surface area contributed by atoms with E-state index >= 15 is 0 Å². The van der Waals surface area contributed by atoms with E-state index in [4.69, 9.17) is 18.9 Å². The van der Waals surface area contributed by atoms with E-state index in [0.717, 1.165) is 5.69 Å². The van der Waals surface area contributed by atoms with E-state index in [1.807, 2.05) is 19.2 Å². The number of nitrogens with zero attached hydrogens (tertiary/aromatic N) is 2. The van der Waals surface area contributed by atoms with Crippen molar-refractivity contribution >= 4 is 17.8 Å². The van der Waals surface area contributed by atoms with Crippen LogP contribution in [0.25, 0.3) is 6.08 Å². The fourth-order valence-electron chi connectivity index (χ4n) is 4.25. The number of methoxy groups -OCH3 is 2. The Labute approximate surface area is 184 Å². The van der Waals surface area contributed by atoms with Gasteiger partial charge in [0.2, 0.25) is 5.78 Å². The first-order valence-electron chi connectivity index (χ1n) is 10.0. The molecule has 0 spiro atoms. The SMILES string of the molecule is COc1cccc(/C=C2\Oc3c(ccc4c3[C@H](c3ccnn3C)CC(=O)O4)C2=O)c1OC. The molecule has 0 saturated carbocycles. The number of aryl methyl sites for hydroxylation is 1. The second-order valence-corrected chi connectivity index (χ2v) is 7.49. The molecule has 5 rings (SSSR count). The maximum absolute atomic E-state index is 13.2. The van der Waals surface area contributed by atoms with Crippen molar-refractivity contribution in [1.82, 2.24) is 9.78 Å². The first-order chi connectivity index (χ1) is 15.5. The van der Waals surface area contributed by atoms with Gasteiger partial charge in [0, 0.05) is 36.0 Å². The molecule has 8 heteroatoms. The molecule has 0 radical (unpaired) electrons. The molecule has 2 aliphatic heterocycles. The van der Waals surface area contributed by atoms with Crippen LogP contribution in [0.4, 0.5) is 0 Å². The van der Waals surface area contributed by atoms with E-state index in [0.29, 0.717) is 39.7 Å². The zero-order valence-electron chi connectivity index (χ0n) is 17.7. The van der Waals surface area contributed by atoms with Crippen molar-refractivity contribution in [3.8, 4) is 23.0 Å². The minimum absolute atomic E-state index is 0.128. The van der Waals surface area contributed by atoms with Gasteiger partial charge in [0.15, 0.2) is 17.3 Å². The van der Waals surface area contributed by atoms with Gasteiger partial charge in [-0.3, -0.25) is 14.3 Å². The molecule has 3 heterocycles. The number of ether oxygens (including phenoxy) is 4. The number of para-hydroxylation sites is 1. The van der Waals surface area contributed by atoms with Gasteiger partial charge >= 0.3 is 5.97 Å². The van der Waals surface area contributed by atoms with Crippen molar-refractivity contribution in [1.29, 1.82) is 0 Å². The maximum Gasteiger partial charge on any atom is 0.312 e. The molecule has 0 amide bonds. The lowest BCUT2D eigenvalue weighted by molar-refractivity contribution is -0.135. The third-order valence-corrected chi connectivity index (χ3v) is 5.72. The lowest BCUT2D eigenvalue weighted by Gasteiger charge is -2.26. The summed E-state index contributed by atoms with van der Waals surface area (Å²) in [5.74, 6) is 1.05. The summed E-state index contributed by atoms with van der Waals surface area (Å²) in [6.45, 7) is 0. The number of rotatable bonds is 4. The number of carbonyl (C=O) groups excluding carboxylic acids is 2. The van der Waals surface area contributed by atoms with Crippen LogP contribution in [-0.4, -0.2) is 35.8 Å². The summed E-state index contributed by atoms with van der Waals surface area (Å²) in [5.41, 5.74) is 2.56. The predicted octanol–water partition coefficient (Wildman–Crippen LogP) is 3.49. The molecule has 0 saturated heterocycles. The van der Waals surface area contributed by atoms with Gasteiger partial charge in [0.1, 0.15) is 11.5 Å². The molecule has 3 aromatic rings. The molecule has 0 aliphatic carbocycles. The number of fused-ring (bicyclic) bond motifs is 3. The van der Waals surface area contributed by atoms with Crippen LogP contribution in [0, 0.1) is 0 Å². The minimum Gasteiger partial charge on any atom is -0.493 e. The van der Waals surface area contributed by atoms with Gasteiger partial charge in [-0.25, -0.2) is 0 Å². The highest BCUT2D eigenvalue weighted by molar-refractivity contribution is 6.15. The van der Waals surface area contributed by atoms with E-state index in [-0.39, 0.29) is 29.9 Å². The van der Waals surface area contributed by atoms with Crippen molar-refractivity contribution in [2.75, 3.05) is 14.2 Å². The highest BCUT2D eigenvalue weighted by Crippen LogP contribution is 2.49. The van der Waals surface area contributed by atoms with Crippen molar-refractivity contribution in [2.45, 2.75) is 12.3 Å². The highest BCUT2D eigenvalue weighted by atomic mass is 16.5. The standard InChI is InChI=1S/C24H20N2O6/c1-26-16(9-10-25-26)15-12-20(27)31-17-8-7-14-22(28)19(32-24(14)21(15)17)11-13-5-4-6-18(29-2)23(13)30-3/h4-11,15H,12H2,1-3H3/b19-11-/t15-/m0/s1. The zero-order chi connectivity index (χ0) is 22.4. The summed E-state index contributed by atoms with van der Waals surface area (Å²) in [6, 6.07) is 10.5. The summed E-state index contributed by atoms with van der Waals surface area (Å²) < 4.78 is 24.1. The molecule has 2 aromatic carbocycles. The third-order valence-electron chi connectivity index (χ3n) is 5.72. The number of Topliss-reactive ketones (excluding diaryl/α,β-unsaturated/α-hetero) is 1. The number of allylic oxidation sites excluding steroid dienone is 1. The first-order valence-corrected chi connectivity index (χ1v) is 10.0. The second-order valence-electron chi connectivity index (χ2n) is 7.49. The van der Waals surface area contributed by atoms with Gasteiger partial charge in [-0.05, 0) is 30.3 Å². The van der Waals surface area contributed by atoms with Crippen LogP contribution in [-0.2, 0) is 11.8 Å². The number of ketones is 1. The Morgan fingerprint density at radius 3 is 2.66 bits per heavy atom. The van der Waals surface area contributed by atoms with Gasteiger partial charge < -0.3 is 18.9 Å². The molecular weight excluding hydrogens is 412 g/mol. The summed E-state index contributed by atoms with van der Waals surface area (Å²) in [5, 5.41) is 4.22. The van der Waals surface area contributed by atoms with E-state index in [1.54, 1.807) is 48.3 Å². The van der Waals surface area contributed by atoms with Crippen molar-refractivity contribution in [3.05, 3.63) is 70.7 Å². The molecule has 8 nitrogen and oxygen atoms in total. The Hall–Kier alpha value is -4.07. The van der Waals surface area contributed by atoms with Crippen LogP contribution in [0.15, 0.2) is 48.4 Å². The van der Waals surface area contributed by atoms with E-state index in [1.165, 1.54) is 7.11 Å². The Balaban J connectivity index is 1.62. The zero-order valence-corrected chi connectivity index (χ0v) is 17.7. The van der Waals surface area contributed by atoms with E-state index in [2.05, 4.69) is 5.10 Å². The Bertz CT molecular complexity index is 1290. The molecule has 0 fully saturated rings. The lowest BCUT2D eigenvalue weighted by atomic mass is 9.87. The van der Waals surface area contributed by atoms with Crippen molar-refractivity contribution in [2.24, 2.45) is 7.05 Å². The van der Waals surface area contributed by atoms with Crippen LogP contribution in [0.5, 0.6) is 23.0 Å². The van der Waals surface area contributed by atoms with Gasteiger partial charge in [0.25, 0.3) is 0 Å². The highest BCUT2D eigenvalue weighted by Gasteiger charge is 2.39. The van der Waals surface area contributed by atoms with Crippen LogP contribution >= 0.6 is 0 Å². The van der Waals surface area contributed by atoms with Gasteiger partial charge in [-0.2, -0.15) is 5.10 Å². The molecular formula is C24H20N2O6. The fraction of sp³-hybridized carbons (Fsp3) is 0.208. The van der Waals surface area contributed by atoms with Crippen LogP contribution in [0.1, 0.15) is 39.5 Å². The largest absolute Gasteiger partial charge is 0.493 e. The number of hydrogen-bond donors (Lipinski definition) is 0. The molecule has 1 aromatic heterocycles. The molecule has 2 aliphatic rings. The van der Waals surface area contributed by atoms with E-state index in [9.17, 15) is 9.59 Å². The third kappa shape index (κ3) is 3.03. The number of aromatic nitrogens is 2. The molecule has 0 unspecified atom stereocenters. The van der Waals surface area contributed by atoms with Crippen LogP contribution < -0.4 is 18.9 Å². The summed E-state index contributed by atoms with van der Waals surface area (Å²) >= 11 is 0. The monoisotopic (exact) mass is 432 g/mol. The number of benzene rings is 2. The molecule has 1 atom stereocenters. The van der Waals surface area contributed by atoms with Gasteiger partial charge in [-0.1, -0.05) is 12.1 Å². The smallest absolute Gasteiger partial charge is 0.312 e. The Kier molecular flexibility index (Phi) is 4.70. The Morgan fingerprint density at radius 1 is 1.09 bits per heavy atom. The quantitative estimate of drug-likeness (QED) is 0.354. The summed E-state index contributed by atoms with van der Waals surface area (Å²) in [4.78, 5) is 25.4. The Morgan fingerprint density at radius 2 is 1.94 bits per heavy atom. The molecule has 32 heavy (non-hydrogen) atoms. The number of esters is 1. The summed E-state index contributed by atoms with van der Waals surface area (Å²) in [6.07, 6.45) is 3.43. The van der Waals surface area contributed by atoms with Crippen molar-refractivity contribution < 1.29 is 28.5 Å². The normalized spacial score (nSPS) is 18.1. The molecule has 0 bridgehead atoms. The topological polar surface area (TPSA) is 88.9 Å². The lowest BCUT2D eigenvalue weighted by Crippen LogP contribution is -2.23. The average molecular weight is 432 g/mol. The minimum atomic E-state index is -0.343. The van der Waals surface area contributed by atoms with Gasteiger partial charge in [-0.15, -0.1) is 0 Å². The number of hydrogen-bond acceptors (Lipinski definition) is 7. The molecule has 162 valence electrons. The van der Waals surface area contributed by atoms with Gasteiger partial charge in [0.05, 0.1) is 26.2 Å². The van der Waals surface area contributed by atoms with Crippen molar-refractivity contribution in [3.63, 3.8) is 0 Å². The average Bonchev–Trinajstić information content (AvgIpc) is 3.35. The predicted molar refractivity (Wildman–Crippen MR) is 114 cm³/mol. The number of carbonyl (C=O) groups is 2.